The molecule has 2 aromatic carbocycles. The fourth-order valence-electron chi connectivity index (χ4n) is 1.80. The number of amides is 1. The molecular weight excluding hydrogens is 309 g/mol. The maximum Gasteiger partial charge on any atom is 0.255 e. The molecule has 1 N–H and O–H groups in total. The Morgan fingerprint density at radius 3 is 2.53 bits per heavy atom. The minimum absolute atomic E-state index is 0.197. The zero-order chi connectivity index (χ0) is 14.0. The van der Waals surface area contributed by atoms with Crippen LogP contribution in [-0.2, 0) is 0 Å². The normalized spacial score (nSPS) is 10.3. The first-order valence-corrected chi connectivity index (χ1v) is 6.60. The first-order valence-electron chi connectivity index (χ1n) is 5.80. The average molecular weight is 322 g/mol. The highest BCUT2D eigenvalue weighted by atomic mass is 79.9. The van der Waals surface area contributed by atoms with Crippen LogP contribution in [0.25, 0.3) is 0 Å². The van der Waals surface area contributed by atoms with Crippen molar-refractivity contribution in [3.63, 3.8) is 0 Å². The molecule has 0 bridgehead atoms. The highest BCUT2D eigenvalue weighted by molar-refractivity contribution is 9.10. The van der Waals surface area contributed by atoms with Gasteiger partial charge in [0.1, 0.15) is 5.82 Å². The molecule has 0 aliphatic carbocycles. The maximum absolute atomic E-state index is 13.6. The zero-order valence-corrected chi connectivity index (χ0v) is 12.2. The van der Waals surface area contributed by atoms with Gasteiger partial charge in [-0.05, 0) is 55.3 Å². The van der Waals surface area contributed by atoms with Crippen LogP contribution in [0.1, 0.15) is 21.5 Å². The van der Waals surface area contributed by atoms with Gasteiger partial charge in [0, 0.05) is 10.0 Å². The molecule has 1 amide bonds. The lowest BCUT2D eigenvalue weighted by molar-refractivity contribution is 0.102. The molecule has 2 aromatic rings. The Bertz CT molecular complexity index is 620. The van der Waals surface area contributed by atoms with Gasteiger partial charge in [-0.2, -0.15) is 0 Å². The van der Waals surface area contributed by atoms with E-state index >= 15 is 0 Å². The van der Waals surface area contributed by atoms with E-state index in [0.717, 1.165) is 15.6 Å². The van der Waals surface area contributed by atoms with E-state index in [1.54, 1.807) is 24.3 Å². The molecule has 19 heavy (non-hydrogen) atoms. The molecular formula is C15H13BrFNO. The van der Waals surface area contributed by atoms with E-state index < -0.39 is 5.82 Å². The number of benzene rings is 2. The molecule has 0 spiro atoms. The molecule has 0 aromatic heterocycles. The SMILES string of the molecule is Cc1cc(Br)cc(C(=O)Nc2cc(C)ccc2F)c1. The Kier molecular flexibility index (Phi) is 4.00. The molecule has 2 nitrogen and oxygen atoms in total. The summed E-state index contributed by atoms with van der Waals surface area (Å²) in [5.41, 5.74) is 2.54. The standard InChI is InChI=1S/C15H13BrFNO/c1-9-3-4-13(17)14(7-9)18-15(19)11-5-10(2)6-12(16)8-11/h3-8H,1-2H3,(H,18,19). The number of anilines is 1. The quantitative estimate of drug-likeness (QED) is 0.869. The zero-order valence-electron chi connectivity index (χ0n) is 10.6. The van der Waals surface area contributed by atoms with Gasteiger partial charge < -0.3 is 5.32 Å². The summed E-state index contributed by atoms with van der Waals surface area (Å²) in [7, 11) is 0. The summed E-state index contributed by atoms with van der Waals surface area (Å²) in [5, 5.41) is 2.59. The highest BCUT2D eigenvalue weighted by Gasteiger charge is 2.10. The molecule has 98 valence electrons. The molecule has 0 aliphatic heterocycles. The van der Waals surface area contributed by atoms with Gasteiger partial charge in [0.25, 0.3) is 5.91 Å². The lowest BCUT2D eigenvalue weighted by atomic mass is 10.1. The number of carbonyl (C=O) groups is 1. The predicted octanol–water partition coefficient (Wildman–Crippen LogP) is 4.46. The monoisotopic (exact) mass is 321 g/mol. The predicted molar refractivity (Wildman–Crippen MR) is 78.0 cm³/mol. The molecule has 4 heteroatoms. The second kappa shape index (κ2) is 5.53. The third kappa shape index (κ3) is 3.41. The molecule has 0 fully saturated rings. The summed E-state index contributed by atoms with van der Waals surface area (Å²) in [6.45, 7) is 3.74. The third-order valence-corrected chi connectivity index (χ3v) is 3.13. The molecule has 0 unspecified atom stereocenters. The Morgan fingerprint density at radius 2 is 1.84 bits per heavy atom. The van der Waals surface area contributed by atoms with Crippen molar-refractivity contribution in [3.05, 3.63) is 63.4 Å². The Hall–Kier alpha value is -1.68. The molecule has 0 aliphatic rings. The minimum Gasteiger partial charge on any atom is -0.319 e. The van der Waals surface area contributed by atoms with E-state index in [0.29, 0.717) is 5.56 Å². The topological polar surface area (TPSA) is 29.1 Å². The van der Waals surface area contributed by atoms with Crippen LogP contribution in [-0.4, -0.2) is 5.91 Å². The van der Waals surface area contributed by atoms with Crippen molar-refractivity contribution in [1.82, 2.24) is 0 Å². The number of aryl methyl sites for hydroxylation is 2. The van der Waals surface area contributed by atoms with Crippen molar-refractivity contribution in [1.29, 1.82) is 0 Å². The Morgan fingerprint density at radius 1 is 1.11 bits per heavy atom. The summed E-state index contributed by atoms with van der Waals surface area (Å²) in [6.07, 6.45) is 0. The van der Waals surface area contributed by atoms with E-state index in [1.165, 1.54) is 6.07 Å². The second-order valence-corrected chi connectivity index (χ2v) is 5.37. The van der Waals surface area contributed by atoms with E-state index in [4.69, 9.17) is 0 Å². The fourth-order valence-corrected chi connectivity index (χ4v) is 2.40. The van der Waals surface area contributed by atoms with Crippen molar-refractivity contribution in [2.24, 2.45) is 0 Å². The van der Waals surface area contributed by atoms with Crippen LogP contribution >= 0.6 is 15.9 Å². The number of halogens is 2. The van der Waals surface area contributed by atoms with Crippen LogP contribution in [0.3, 0.4) is 0 Å². The van der Waals surface area contributed by atoms with Crippen LogP contribution in [0.4, 0.5) is 10.1 Å². The smallest absolute Gasteiger partial charge is 0.255 e. The number of carbonyl (C=O) groups excluding carboxylic acids is 1. The first kappa shape index (κ1) is 13.7. The molecule has 0 heterocycles. The van der Waals surface area contributed by atoms with Crippen LogP contribution in [0.2, 0.25) is 0 Å². The molecule has 0 saturated heterocycles. The van der Waals surface area contributed by atoms with Gasteiger partial charge in [0.2, 0.25) is 0 Å². The highest BCUT2D eigenvalue weighted by Crippen LogP contribution is 2.19. The van der Waals surface area contributed by atoms with Gasteiger partial charge >= 0.3 is 0 Å². The minimum atomic E-state index is -0.439. The van der Waals surface area contributed by atoms with Crippen LogP contribution in [0, 0.1) is 19.7 Å². The Labute approximate surface area is 119 Å². The van der Waals surface area contributed by atoms with Crippen LogP contribution in [0.15, 0.2) is 40.9 Å². The van der Waals surface area contributed by atoms with Gasteiger partial charge in [-0.1, -0.05) is 22.0 Å². The van der Waals surface area contributed by atoms with Crippen molar-refractivity contribution in [3.8, 4) is 0 Å². The number of hydrogen-bond donors (Lipinski definition) is 1. The average Bonchev–Trinajstić information content (AvgIpc) is 2.32. The number of nitrogens with one attached hydrogen (secondary N) is 1. The van der Waals surface area contributed by atoms with Crippen molar-refractivity contribution >= 4 is 27.5 Å². The lowest BCUT2D eigenvalue weighted by Crippen LogP contribution is -2.13. The second-order valence-electron chi connectivity index (χ2n) is 4.45. The Balaban J connectivity index is 2.28. The van der Waals surface area contributed by atoms with Crippen molar-refractivity contribution in [2.45, 2.75) is 13.8 Å². The van der Waals surface area contributed by atoms with Gasteiger partial charge in [-0.3, -0.25) is 4.79 Å². The van der Waals surface area contributed by atoms with Crippen molar-refractivity contribution in [2.75, 3.05) is 5.32 Å². The third-order valence-electron chi connectivity index (χ3n) is 2.67. The fraction of sp³-hybridized carbons (Fsp3) is 0.133. The molecule has 0 radical (unpaired) electrons. The van der Waals surface area contributed by atoms with E-state index in [2.05, 4.69) is 21.2 Å². The summed E-state index contributed by atoms with van der Waals surface area (Å²) < 4.78 is 14.4. The van der Waals surface area contributed by atoms with Crippen molar-refractivity contribution < 1.29 is 9.18 Å². The van der Waals surface area contributed by atoms with Crippen LogP contribution < -0.4 is 5.32 Å². The summed E-state index contributed by atoms with van der Waals surface area (Å²) in [5.74, 6) is -0.764. The molecule has 0 atom stereocenters. The summed E-state index contributed by atoms with van der Waals surface area (Å²) in [4.78, 5) is 12.1. The number of rotatable bonds is 2. The van der Waals surface area contributed by atoms with Gasteiger partial charge in [0.15, 0.2) is 0 Å². The largest absolute Gasteiger partial charge is 0.319 e. The van der Waals surface area contributed by atoms with E-state index in [9.17, 15) is 9.18 Å². The lowest BCUT2D eigenvalue weighted by Gasteiger charge is -2.08. The van der Waals surface area contributed by atoms with E-state index in [-0.39, 0.29) is 11.6 Å². The maximum atomic E-state index is 13.6. The van der Waals surface area contributed by atoms with Gasteiger partial charge in [0.05, 0.1) is 5.69 Å². The summed E-state index contributed by atoms with van der Waals surface area (Å²) >= 11 is 3.34. The van der Waals surface area contributed by atoms with E-state index in [1.807, 2.05) is 19.9 Å². The summed E-state index contributed by atoms with van der Waals surface area (Å²) in [6, 6.07) is 9.98. The molecule has 0 saturated carbocycles. The first-order chi connectivity index (χ1) is 8.95. The van der Waals surface area contributed by atoms with Gasteiger partial charge in [-0.15, -0.1) is 0 Å². The van der Waals surface area contributed by atoms with Crippen LogP contribution in [0.5, 0.6) is 0 Å². The number of hydrogen-bond acceptors (Lipinski definition) is 1. The molecule has 2 rings (SSSR count). The van der Waals surface area contributed by atoms with Gasteiger partial charge in [-0.25, -0.2) is 4.39 Å².